The summed E-state index contributed by atoms with van der Waals surface area (Å²) in [7, 11) is 0. The van der Waals surface area contributed by atoms with Crippen molar-refractivity contribution in [3.05, 3.63) is 29.8 Å². The predicted octanol–water partition coefficient (Wildman–Crippen LogP) is 2.53. The van der Waals surface area contributed by atoms with E-state index in [9.17, 15) is 0 Å². The molecule has 5 heteroatoms. The molecular weight excluding hydrogens is 262 g/mol. The molecule has 0 bridgehead atoms. The number of nitrogens with zero attached hydrogens (tertiary/aromatic N) is 4. The Balaban J connectivity index is 1.95. The maximum absolute atomic E-state index is 4.84. The van der Waals surface area contributed by atoms with Crippen molar-refractivity contribution in [3.63, 3.8) is 0 Å². The Morgan fingerprint density at radius 1 is 1.29 bits per heavy atom. The fourth-order valence-corrected chi connectivity index (χ4v) is 2.93. The number of aromatic nitrogens is 4. The van der Waals surface area contributed by atoms with Crippen molar-refractivity contribution in [2.45, 2.75) is 45.6 Å². The molecule has 1 aliphatic rings. The van der Waals surface area contributed by atoms with E-state index in [0.717, 1.165) is 61.8 Å². The van der Waals surface area contributed by atoms with Crippen LogP contribution in [-0.4, -0.2) is 32.8 Å². The third kappa shape index (κ3) is 3.13. The van der Waals surface area contributed by atoms with Gasteiger partial charge in [0, 0.05) is 24.4 Å². The topological polar surface area (TPSA) is 55.6 Å². The molecule has 21 heavy (non-hydrogen) atoms. The molecule has 1 N–H and O–H groups in total. The van der Waals surface area contributed by atoms with Crippen LogP contribution in [-0.2, 0) is 6.54 Å². The SMILES string of the molecule is CCCn1nccc1-c1cc(C)nc(C2CCNCC2)n1. The molecular formula is C16H23N5. The summed E-state index contributed by atoms with van der Waals surface area (Å²) in [5.74, 6) is 1.48. The number of hydrogen-bond acceptors (Lipinski definition) is 4. The molecule has 2 aromatic heterocycles. The van der Waals surface area contributed by atoms with Gasteiger partial charge in [-0.15, -0.1) is 0 Å². The number of piperidine rings is 1. The maximum Gasteiger partial charge on any atom is 0.132 e. The lowest BCUT2D eigenvalue weighted by Gasteiger charge is -2.22. The molecule has 2 aromatic rings. The van der Waals surface area contributed by atoms with Gasteiger partial charge < -0.3 is 5.32 Å². The second-order valence-electron chi connectivity index (χ2n) is 5.72. The third-order valence-corrected chi connectivity index (χ3v) is 3.99. The Bertz CT molecular complexity index is 598. The first-order valence-electron chi connectivity index (χ1n) is 7.86. The molecule has 0 unspecified atom stereocenters. The van der Waals surface area contributed by atoms with Gasteiger partial charge in [-0.2, -0.15) is 5.10 Å². The molecule has 3 heterocycles. The van der Waals surface area contributed by atoms with Crippen LogP contribution in [0.25, 0.3) is 11.4 Å². The Morgan fingerprint density at radius 3 is 2.86 bits per heavy atom. The average Bonchev–Trinajstić information content (AvgIpc) is 2.96. The lowest BCUT2D eigenvalue weighted by molar-refractivity contribution is 0.444. The Hall–Kier alpha value is -1.75. The Kier molecular flexibility index (Phi) is 4.29. The zero-order chi connectivity index (χ0) is 14.7. The zero-order valence-electron chi connectivity index (χ0n) is 12.8. The monoisotopic (exact) mass is 285 g/mol. The summed E-state index contributed by atoms with van der Waals surface area (Å²) in [5.41, 5.74) is 3.14. The average molecular weight is 285 g/mol. The third-order valence-electron chi connectivity index (χ3n) is 3.99. The molecule has 0 saturated carbocycles. The van der Waals surface area contributed by atoms with Crippen LogP contribution in [0.2, 0.25) is 0 Å². The summed E-state index contributed by atoms with van der Waals surface area (Å²) in [6.45, 7) is 7.26. The minimum absolute atomic E-state index is 0.479. The fraction of sp³-hybridized carbons (Fsp3) is 0.562. The highest BCUT2D eigenvalue weighted by Gasteiger charge is 2.19. The van der Waals surface area contributed by atoms with Gasteiger partial charge in [0.05, 0.1) is 11.4 Å². The molecule has 1 aliphatic heterocycles. The predicted molar refractivity (Wildman–Crippen MR) is 83.1 cm³/mol. The van der Waals surface area contributed by atoms with E-state index in [1.54, 1.807) is 0 Å². The summed E-state index contributed by atoms with van der Waals surface area (Å²) in [6, 6.07) is 4.11. The van der Waals surface area contributed by atoms with Gasteiger partial charge in [0.2, 0.25) is 0 Å². The van der Waals surface area contributed by atoms with Gasteiger partial charge in [0.15, 0.2) is 0 Å². The molecule has 0 radical (unpaired) electrons. The number of rotatable bonds is 4. The van der Waals surface area contributed by atoms with E-state index in [4.69, 9.17) is 4.98 Å². The van der Waals surface area contributed by atoms with E-state index in [1.807, 2.05) is 16.9 Å². The Labute approximate surface area is 125 Å². The van der Waals surface area contributed by atoms with Crippen LogP contribution in [0.15, 0.2) is 18.3 Å². The molecule has 5 nitrogen and oxygen atoms in total. The Morgan fingerprint density at radius 2 is 2.10 bits per heavy atom. The first kappa shape index (κ1) is 14.2. The van der Waals surface area contributed by atoms with E-state index in [-0.39, 0.29) is 0 Å². The normalized spacial score (nSPS) is 16.3. The number of hydrogen-bond donors (Lipinski definition) is 1. The van der Waals surface area contributed by atoms with E-state index >= 15 is 0 Å². The van der Waals surface area contributed by atoms with Crippen LogP contribution in [0, 0.1) is 6.92 Å². The summed E-state index contributed by atoms with van der Waals surface area (Å²) in [4.78, 5) is 9.52. The molecule has 0 amide bonds. The second-order valence-corrected chi connectivity index (χ2v) is 5.72. The molecule has 1 saturated heterocycles. The van der Waals surface area contributed by atoms with Gasteiger partial charge in [-0.05, 0) is 51.4 Å². The highest BCUT2D eigenvalue weighted by atomic mass is 15.3. The first-order chi connectivity index (χ1) is 10.3. The molecule has 0 spiro atoms. The first-order valence-corrected chi connectivity index (χ1v) is 7.86. The summed E-state index contributed by atoms with van der Waals surface area (Å²) in [5, 5.41) is 7.80. The van der Waals surface area contributed by atoms with Crippen molar-refractivity contribution in [2.75, 3.05) is 13.1 Å². The van der Waals surface area contributed by atoms with Gasteiger partial charge in [-0.25, -0.2) is 9.97 Å². The molecule has 3 rings (SSSR count). The summed E-state index contributed by atoms with van der Waals surface area (Å²) >= 11 is 0. The molecule has 0 atom stereocenters. The van der Waals surface area contributed by atoms with E-state index in [1.165, 1.54) is 0 Å². The van der Waals surface area contributed by atoms with Crippen molar-refractivity contribution >= 4 is 0 Å². The van der Waals surface area contributed by atoms with Crippen LogP contribution in [0.4, 0.5) is 0 Å². The lowest BCUT2D eigenvalue weighted by Crippen LogP contribution is -2.27. The van der Waals surface area contributed by atoms with Crippen LogP contribution in [0.1, 0.15) is 43.6 Å². The standard InChI is InChI=1S/C16H23N5/c1-3-10-21-15(6-9-18-21)14-11-12(2)19-16(20-14)13-4-7-17-8-5-13/h6,9,11,13,17H,3-5,7-8,10H2,1-2H3. The van der Waals surface area contributed by atoms with Gasteiger partial charge in [-0.3, -0.25) is 4.68 Å². The van der Waals surface area contributed by atoms with Crippen LogP contribution < -0.4 is 5.32 Å². The van der Waals surface area contributed by atoms with Crippen molar-refractivity contribution in [3.8, 4) is 11.4 Å². The quantitative estimate of drug-likeness (QED) is 0.938. The smallest absolute Gasteiger partial charge is 0.132 e. The van der Waals surface area contributed by atoms with Crippen LogP contribution in [0.3, 0.4) is 0 Å². The molecule has 1 fully saturated rings. The minimum atomic E-state index is 0.479. The number of aryl methyl sites for hydroxylation is 2. The van der Waals surface area contributed by atoms with E-state index < -0.39 is 0 Å². The molecule has 0 aromatic carbocycles. The van der Waals surface area contributed by atoms with Crippen molar-refractivity contribution in [2.24, 2.45) is 0 Å². The van der Waals surface area contributed by atoms with Crippen LogP contribution in [0.5, 0.6) is 0 Å². The molecule has 0 aliphatic carbocycles. The highest BCUT2D eigenvalue weighted by molar-refractivity contribution is 5.54. The zero-order valence-corrected chi connectivity index (χ0v) is 12.8. The van der Waals surface area contributed by atoms with Crippen molar-refractivity contribution in [1.29, 1.82) is 0 Å². The minimum Gasteiger partial charge on any atom is -0.317 e. The van der Waals surface area contributed by atoms with Crippen molar-refractivity contribution in [1.82, 2.24) is 25.1 Å². The lowest BCUT2D eigenvalue weighted by atomic mass is 9.97. The maximum atomic E-state index is 4.84. The van der Waals surface area contributed by atoms with E-state index in [0.29, 0.717) is 5.92 Å². The van der Waals surface area contributed by atoms with E-state index in [2.05, 4.69) is 35.3 Å². The van der Waals surface area contributed by atoms with Crippen LogP contribution >= 0.6 is 0 Å². The summed E-state index contributed by atoms with van der Waals surface area (Å²) < 4.78 is 2.04. The van der Waals surface area contributed by atoms with Gasteiger partial charge in [0.25, 0.3) is 0 Å². The largest absolute Gasteiger partial charge is 0.317 e. The fourth-order valence-electron chi connectivity index (χ4n) is 2.93. The van der Waals surface area contributed by atoms with Gasteiger partial charge in [-0.1, -0.05) is 6.92 Å². The van der Waals surface area contributed by atoms with Crippen molar-refractivity contribution < 1.29 is 0 Å². The number of nitrogens with one attached hydrogen (secondary N) is 1. The second kappa shape index (κ2) is 6.35. The highest BCUT2D eigenvalue weighted by Crippen LogP contribution is 2.25. The van der Waals surface area contributed by atoms with Gasteiger partial charge >= 0.3 is 0 Å². The van der Waals surface area contributed by atoms with Gasteiger partial charge in [0.1, 0.15) is 5.82 Å². The summed E-state index contributed by atoms with van der Waals surface area (Å²) in [6.07, 6.45) is 5.17. The molecule has 112 valence electrons.